The van der Waals surface area contributed by atoms with Gasteiger partial charge >= 0.3 is 0 Å². The number of carbonyl (C=O) groups excluding carboxylic acids is 1. The number of hydrogen-bond acceptors (Lipinski definition) is 6. The predicted molar refractivity (Wildman–Crippen MR) is 114 cm³/mol. The first kappa shape index (κ1) is 20.7. The molecule has 0 radical (unpaired) electrons. The number of rotatable bonds is 6. The highest BCUT2D eigenvalue weighted by Crippen LogP contribution is 2.38. The van der Waals surface area contributed by atoms with E-state index in [0.717, 1.165) is 0 Å². The molecule has 0 aliphatic rings. The lowest BCUT2D eigenvalue weighted by Gasteiger charge is -2.12. The van der Waals surface area contributed by atoms with Gasteiger partial charge in [-0.2, -0.15) is 0 Å². The van der Waals surface area contributed by atoms with Gasteiger partial charge in [0.2, 0.25) is 5.75 Å². The molecule has 29 heavy (non-hydrogen) atoms. The van der Waals surface area contributed by atoms with Gasteiger partial charge in [-0.15, -0.1) is 11.3 Å². The zero-order valence-electron chi connectivity index (χ0n) is 15.9. The highest BCUT2D eigenvalue weighted by atomic mass is 35.5. The van der Waals surface area contributed by atoms with Crippen LogP contribution in [0.2, 0.25) is 5.02 Å². The molecule has 1 heterocycles. The summed E-state index contributed by atoms with van der Waals surface area (Å²) in [6, 6.07) is 10.0. The smallest absolute Gasteiger partial charge is 0.266 e. The van der Waals surface area contributed by atoms with Crippen molar-refractivity contribution < 1.29 is 19.0 Å². The van der Waals surface area contributed by atoms with E-state index < -0.39 is 0 Å². The van der Waals surface area contributed by atoms with Crippen LogP contribution in [0.1, 0.15) is 15.9 Å². The summed E-state index contributed by atoms with van der Waals surface area (Å²) in [4.78, 5) is 27.4. The summed E-state index contributed by atoms with van der Waals surface area (Å²) in [5.74, 6) is 1.21. The summed E-state index contributed by atoms with van der Waals surface area (Å²) in [5.41, 5.74) is 0.889. The molecule has 0 bridgehead atoms. The van der Waals surface area contributed by atoms with E-state index >= 15 is 0 Å². The number of ketones is 1. The number of Topliss-reactive ketones (excluding diaryl/α,β-unsaturated/α-hetero) is 1. The number of carbonyl (C=O) groups is 1. The minimum atomic E-state index is -0.293. The molecule has 2 aromatic carbocycles. The van der Waals surface area contributed by atoms with E-state index in [9.17, 15) is 9.59 Å². The topological polar surface area (TPSA) is 77.6 Å². The molecule has 1 N–H and O–H groups in total. The molecule has 6 nitrogen and oxygen atoms in total. The molecule has 0 atom stereocenters. The number of methoxy groups -OCH3 is 3. The third-order valence-corrected chi connectivity index (χ3v) is 5.27. The molecule has 1 aromatic heterocycles. The predicted octanol–water partition coefficient (Wildman–Crippen LogP) is 2.61. The Kier molecular flexibility index (Phi) is 6.41. The lowest BCUT2D eigenvalue weighted by Crippen LogP contribution is -2.20. The van der Waals surface area contributed by atoms with Gasteiger partial charge in [-0.3, -0.25) is 9.59 Å². The van der Waals surface area contributed by atoms with E-state index in [1.165, 1.54) is 38.7 Å². The van der Waals surface area contributed by atoms with E-state index in [-0.39, 0.29) is 11.3 Å². The lowest BCUT2D eigenvalue weighted by molar-refractivity contribution is 0.106. The minimum Gasteiger partial charge on any atom is -0.493 e. The molecule has 0 saturated heterocycles. The van der Waals surface area contributed by atoms with E-state index in [2.05, 4.69) is 4.98 Å². The van der Waals surface area contributed by atoms with Gasteiger partial charge in [-0.1, -0.05) is 11.6 Å². The Morgan fingerprint density at radius 1 is 1.03 bits per heavy atom. The standard InChI is InChI=1S/C21H18ClNO5S/c1-26-16-8-12(9-17(27-2)20(16)28-3)10-18-21(25)23-19(29-18)11-15(24)13-4-6-14(22)7-5-13/h4-11H,1-3H3,(H,23,25)/b18-10-,19-11-. The van der Waals surface area contributed by atoms with Gasteiger partial charge in [-0.05, 0) is 48.0 Å². The number of nitrogens with one attached hydrogen (secondary N) is 1. The molecular weight excluding hydrogens is 414 g/mol. The molecule has 0 spiro atoms. The molecule has 0 aliphatic carbocycles. The summed E-state index contributed by atoms with van der Waals surface area (Å²) in [6.07, 6.45) is 3.08. The van der Waals surface area contributed by atoms with E-state index in [0.29, 0.717) is 42.6 Å². The fourth-order valence-electron chi connectivity index (χ4n) is 2.68. The fraction of sp³-hybridized carbons (Fsp3) is 0.143. The van der Waals surface area contributed by atoms with Crippen molar-refractivity contribution in [3.05, 3.63) is 72.1 Å². The van der Waals surface area contributed by atoms with Crippen molar-refractivity contribution in [2.24, 2.45) is 0 Å². The second kappa shape index (κ2) is 8.98. The Bertz CT molecular complexity index is 1190. The normalized spacial score (nSPS) is 12.1. The Morgan fingerprint density at radius 3 is 2.21 bits per heavy atom. The zero-order chi connectivity index (χ0) is 21.0. The van der Waals surface area contributed by atoms with Gasteiger partial charge in [0.15, 0.2) is 17.3 Å². The van der Waals surface area contributed by atoms with Crippen molar-refractivity contribution in [2.45, 2.75) is 0 Å². The first-order valence-corrected chi connectivity index (χ1v) is 9.67. The number of halogens is 1. The van der Waals surface area contributed by atoms with Crippen LogP contribution in [0.25, 0.3) is 12.2 Å². The van der Waals surface area contributed by atoms with Crippen molar-refractivity contribution in [1.29, 1.82) is 0 Å². The fourth-order valence-corrected chi connectivity index (χ4v) is 3.69. The van der Waals surface area contributed by atoms with E-state index in [1.54, 1.807) is 42.5 Å². The summed E-state index contributed by atoms with van der Waals surface area (Å²) < 4.78 is 16.9. The Labute approximate surface area is 175 Å². The second-order valence-electron chi connectivity index (χ2n) is 5.90. The third-order valence-electron chi connectivity index (χ3n) is 4.06. The van der Waals surface area contributed by atoms with Gasteiger partial charge in [0.25, 0.3) is 5.56 Å². The quantitative estimate of drug-likeness (QED) is 0.607. The highest BCUT2D eigenvalue weighted by Gasteiger charge is 2.12. The number of thiazole rings is 1. The van der Waals surface area contributed by atoms with Crippen molar-refractivity contribution in [2.75, 3.05) is 21.3 Å². The first-order chi connectivity index (χ1) is 13.9. The van der Waals surface area contributed by atoms with E-state index in [1.807, 2.05) is 0 Å². The molecule has 0 amide bonds. The molecule has 8 heteroatoms. The monoisotopic (exact) mass is 431 g/mol. The Hall–Kier alpha value is -3.03. The number of aromatic nitrogens is 1. The lowest BCUT2D eigenvalue weighted by atomic mass is 10.1. The van der Waals surface area contributed by atoms with Crippen molar-refractivity contribution in [1.82, 2.24) is 4.98 Å². The van der Waals surface area contributed by atoms with Gasteiger partial charge in [0.05, 0.1) is 30.5 Å². The highest BCUT2D eigenvalue weighted by molar-refractivity contribution is 7.07. The molecule has 3 rings (SSSR count). The summed E-state index contributed by atoms with van der Waals surface area (Å²) in [7, 11) is 4.57. The molecule has 0 aliphatic heterocycles. The summed E-state index contributed by atoms with van der Waals surface area (Å²) >= 11 is 7.02. The van der Waals surface area contributed by atoms with Crippen LogP contribution in [0.4, 0.5) is 0 Å². The van der Waals surface area contributed by atoms with Gasteiger partial charge in [-0.25, -0.2) is 0 Å². The van der Waals surface area contributed by atoms with Crippen LogP contribution in [-0.4, -0.2) is 32.1 Å². The third kappa shape index (κ3) is 4.70. The maximum Gasteiger partial charge on any atom is 0.266 e. The van der Waals surface area contributed by atoms with Crippen LogP contribution in [0.3, 0.4) is 0 Å². The first-order valence-electron chi connectivity index (χ1n) is 8.47. The Morgan fingerprint density at radius 2 is 1.66 bits per heavy atom. The minimum absolute atomic E-state index is 0.224. The Balaban J connectivity index is 2.02. The van der Waals surface area contributed by atoms with Crippen LogP contribution in [-0.2, 0) is 0 Å². The molecule has 0 fully saturated rings. The van der Waals surface area contributed by atoms with Gasteiger partial charge < -0.3 is 19.2 Å². The van der Waals surface area contributed by atoms with Gasteiger partial charge in [0, 0.05) is 16.7 Å². The SMILES string of the molecule is COc1cc(/C=c2\s/c(=C\C(=O)c3ccc(Cl)cc3)[nH]c2=O)cc(OC)c1OC. The number of hydrogen-bond donors (Lipinski definition) is 1. The van der Waals surface area contributed by atoms with Crippen LogP contribution in [0.5, 0.6) is 17.2 Å². The average molecular weight is 432 g/mol. The van der Waals surface area contributed by atoms with Crippen LogP contribution < -0.4 is 29.0 Å². The van der Waals surface area contributed by atoms with Gasteiger partial charge in [0.1, 0.15) is 0 Å². The number of benzene rings is 2. The summed E-state index contributed by atoms with van der Waals surface area (Å²) in [6.45, 7) is 0. The van der Waals surface area contributed by atoms with Crippen molar-refractivity contribution in [3.63, 3.8) is 0 Å². The number of ether oxygens (including phenoxy) is 3. The largest absolute Gasteiger partial charge is 0.493 e. The van der Waals surface area contributed by atoms with Crippen LogP contribution >= 0.6 is 22.9 Å². The molecular formula is C21H18ClNO5S. The van der Waals surface area contributed by atoms with Crippen LogP contribution in [0, 0.1) is 0 Å². The maximum absolute atomic E-state index is 12.4. The average Bonchev–Trinajstić information content (AvgIpc) is 3.06. The molecule has 3 aromatic rings. The molecule has 0 unspecified atom stereocenters. The number of aromatic amines is 1. The maximum atomic E-state index is 12.4. The summed E-state index contributed by atoms with van der Waals surface area (Å²) in [5, 5.41) is 0.549. The second-order valence-corrected chi connectivity index (χ2v) is 7.42. The number of H-pyrrole nitrogens is 1. The van der Waals surface area contributed by atoms with Crippen molar-refractivity contribution in [3.8, 4) is 17.2 Å². The van der Waals surface area contributed by atoms with Crippen molar-refractivity contribution >= 4 is 40.9 Å². The van der Waals surface area contributed by atoms with E-state index in [4.69, 9.17) is 25.8 Å². The zero-order valence-corrected chi connectivity index (χ0v) is 17.5. The van der Waals surface area contributed by atoms with Crippen LogP contribution in [0.15, 0.2) is 41.2 Å². The molecule has 0 saturated carbocycles. The molecule has 150 valence electrons.